The van der Waals surface area contributed by atoms with E-state index in [1.807, 2.05) is 0 Å². The van der Waals surface area contributed by atoms with Crippen LogP contribution in [0.3, 0.4) is 0 Å². The van der Waals surface area contributed by atoms with Crippen LogP contribution in [0.15, 0.2) is 66.7 Å². The summed E-state index contributed by atoms with van der Waals surface area (Å²) >= 11 is 0. The molecule has 1 aromatic heterocycles. The zero-order chi connectivity index (χ0) is 22.0. The van der Waals surface area contributed by atoms with Crippen molar-refractivity contribution in [2.75, 3.05) is 11.9 Å². The molecule has 0 aliphatic rings. The number of carboxylic acid groups (broad SMARTS) is 1. The van der Waals surface area contributed by atoms with Crippen LogP contribution in [0.2, 0.25) is 0 Å². The summed E-state index contributed by atoms with van der Waals surface area (Å²) in [6.07, 6.45) is 0. The summed E-state index contributed by atoms with van der Waals surface area (Å²) in [6.45, 7) is -0.468. The quantitative estimate of drug-likeness (QED) is 0.415. The molecule has 3 N–H and O–H groups in total. The van der Waals surface area contributed by atoms with E-state index >= 15 is 0 Å². The van der Waals surface area contributed by atoms with Crippen LogP contribution in [0, 0.1) is 11.6 Å². The lowest BCUT2D eigenvalue weighted by atomic mass is 10.0. The number of halogens is 2. The van der Waals surface area contributed by atoms with E-state index in [1.165, 1.54) is 12.1 Å². The Morgan fingerprint density at radius 1 is 1.00 bits per heavy atom. The molecule has 0 saturated carbocycles. The molecule has 0 spiro atoms. The SMILES string of the molecule is O=C(O)COc1ccc2cc(C(=O)Nc3cccc(-c4ccc(F)cc4F)c3)[nH]c2c1. The third-order valence-corrected chi connectivity index (χ3v) is 4.56. The highest BCUT2D eigenvalue weighted by Gasteiger charge is 2.12. The Hall–Kier alpha value is -4.20. The van der Waals surface area contributed by atoms with Gasteiger partial charge in [-0.25, -0.2) is 13.6 Å². The van der Waals surface area contributed by atoms with Gasteiger partial charge in [-0.15, -0.1) is 0 Å². The third kappa shape index (κ3) is 4.53. The first-order valence-corrected chi connectivity index (χ1v) is 9.23. The molecule has 0 aliphatic heterocycles. The van der Waals surface area contributed by atoms with Gasteiger partial charge in [0.05, 0.1) is 0 Å². The van der Waals surface area contributed by atoms with Crippen molar-refractivity contribution in [1.82, 2.24) is 4.98 Å². The van der Waals surface area contributed by atoms with Gasteiger partial charge in [0.25, 0.3) is 5.91 Å². The Labute approximate surface area is 175 Å². The number of fused-ring (bicyclic) bond motifs is 1. The van der Waals surface area contributed by atoms with Crippen LogP contribution in [-0.2, 0) is 4.79 Å². The van der Waals surface area contributed by atoms with Crippen molar-refractivity contribution in [2.45, 2.75) is 0 Å². The Bertz CT molecular complexity index is 1300. The van der Waals surface area contributed by atoms with Crippen molar-refractivity contribution in [3.63, 3.8) is 0 Å². The average molecular weight is 422 g/mol. The Morgan fingerprint density at radius 2 is 1.84 bits per heavy atom. The van der Waals surface area contributed by atoms with Crippen molar-refractivity contribution in [3.8, 4) is 16.9 Å². The van der Waals surface area contributed by atoms with Gasteiger partial charge in [-0.2, -0.15) is 0 Å². The summed E-state index contributed by atoms with van der Waals surface area (Å²) in [5.41, 5.74) is 2.04. The molecule has 6 nitrogen and oxygen atoms in total. The first-order chi connectivity index (χ1) is 14.9. The van der Waals surface area contributed by atoms with Crippen LogP contribution in [-0.4, -0.2) is 28.6 Å². The zero-order valence-corrected chi connectivity index (χ0v) is 16.0. The van der Waals surface area contributed by atoms with Crippen LogP contribution >= 0.6 is 0 Å². The van der Waals surface area contributed by atoms with E-state index in [0.29, 0.717) is 22.5 Å². The monoisotopic (exact) mass is 422 g/mol. The number of rotatable bonds is 6. The van der Waals surface area contributed by atoms with E-state index < -0.39 is 30.1 Å². The highest BCUT2D eigenvalue weighted by Crippen LogP contribution is 2.27. The van der Waals surface area contributed by atoms with Crippen LogP contribution < -0.4 is 10.1 Å². The number of nitrogens with one attached hydrogen (secondary N) is 2. The van der Waals surface area contributed by atoms with Crippen molar-refractivity contribution >= 4 is 28.5 Å². The number of H-pyrrole nitrogens is 1. The Balaban J connectivity index is 1.54. The average Bonchev–Trinajstić information content (AvgIpc) is 3.16. The summed E-state index contributed by atoms with van der Waals surface area (Å²) in [4.78, 5) is 26.3. The number of carbonyl (C=O) groups excluding carboxylic acids is 1. The van der Waals surface area contributed by atoms with Gasteiger partial charge in [0.1, 0.15) is 23.1 Å². The fourth-order valence-corrected chi connectivity index (χ4v) is 3.15. The number of ether oxygens (including phenoxy) is 1. The predicted octanol–water partition coefficient (Wildman–Crippen LogP) is 4.83. The minimum absolute atomic E-state index is 0.219. The maximum absolute atomic E-state index is 14.1. The molecule has 3 aromatic carbocycles. The second-order valence-corrected chi connectivity index (χ2v) is 6.77. The van der Waals surface area contributed by atoms with E-state index in [4.69, 9.17) is 9.84 Å². The molecule has 0 unspecified atom stereocenters. The van der Waals surface area contributed by atoms with Gasteiger partial charge in [-0.05, 0) is 48.0 Å². The molecule has 0 radical (unpaired) electrons. The predicted molar refractivity (Wildman–Crippen MR) is 111 cm³/mol. The number of amides is 1. The Kier molecular flexibility index (Phi) is 5.36. The Morgan fingerprint density at radius 3 is 2.61 bits per heavy atom. The first kappa shape index (κ1) is 20.1. The number of aromatic amines is 1. The molecule has 156 valence electrons. The fraction of sp³-hybridized carbons (Fsp3) is 0.0435. The van der Waals surface area contributed by atoms with E-state index in [2.05, 4.69) is 10.3 Å². The molecule has 31 heavy (non-hydrogen) atoms. The maximum atomic E-state index is 14.1. The van der Waals surface area contributed by atoms with Crippen molar-refractivity contribution in [1.29, 1.82) is 0 Å². The van der Waals surface area contributed by atoms with Gasteiger partial charge in [0.2, 0.25) is 0 Å². The van der Waals surface area contributed by atoms with Gasteiger partial charge in [-0.1, -0.05) is 12.1 Å². The highest BCUT2D eigenvalue weighted by molar-refractivity contribution is 6.06. The lowest BCUT2D eigenvalue weighted by Gasteiger charge is -2.08. The largest absolute Gasteiger partial charge is 0.482 e. The topological polar surface area (TPSA) is 91.4 Å². The zero-order valence-electron chi connectivity index (χ0n) is 16.0. The minimum atomic E-state index is -1.09. The maximum Gasteiger partial charge on any atom is 0.341 e. The molecule has 0 aliphatic carbocycles. The van der Waals surface area contributed by atoms with Gasteiger partial charge in [-0.3, -0.25) is 4.79 Å². The molecule has 1 amide bonds. The van der Waals surface area contributed by atoms with Crippen molar-refractivity contribution in [2.24, 2.45) is 0 Å². The number of anilines is 1. The third-order valence-electron chi connectivity index (χ3n) is 4.56. The van der Waals surface area contributed by atoms with Gasteiger partial charge >= 0.3 is 5.97 Å². The number of aliphatic carboxylic acids is 1. The molecule has 1 heterocycles. The van der Waals surface area contributed by atoms with Crippen LogP contribution in [0.1, 0.15) is 10.5 Å². The molecule has 0 fully saturated rings. The standard InChI is InChI=1S/C23H16F2N2O4/c24-15-5-7-18(19(25)10-15)13-2-1-3-16(8-13)26-23(30)21-9-14-4-6-17(11-20(14)27-21)31-12-22(28)29/h1-11,27H,12H2,(H,26,30)(H,28,29). The summed E-state index contributed by atoms with van der Waals surface area (Å²) in [5, 5.41) is 12.2. The van der Waals surface area contributed by atoms with E-state index in [1.54, 1.807) is 48.5 Å². The minimum Gasteiger partial charge on any atom is -0.482 e. The van der Waals surface area contributed by atoms with Crippen LogP contribution in [0.5, 0.6) is 5.75 Å². The first-order valence-electron chi connectivity index (χ1n) is 9.23. The molecule has 4 aromatic rings. The fourth-order valence-electron chi connectivity index (χ4n) is 3.15. The number of hydrogen-bond donors (Lipinski definition) is 3. The van der Waals surface area contributed by atoms with E-state index in [-0.39, 0.29) is 11.3 Å². The molecule has 0 bridgehead atoms. The van der Waals surface area contributed by atoms with Gasteiger partial charge < -0.3 is 20.1 Å². The smallest absolute Gasteiger partial charge is 0.341 e. The number of carboxylic acids is 1. The lowest BCUT2D eigenvalue weighted by molar-refractivity contribution is -0.139. The molecular formula is C23H16F2N2O4. The summed E-state index contributed by atoms with van der Waals surface area (Å²) < 4.78 is 32.4. The number of benzene rings is 3. The van der Waals surface area contributed by atoms with Crippen LogP contribution in [0.25, 0.3) is 22.0 Å². The summed E-state index contributed by atoms with van der Waals surface area (Å²) in [6, 6.07) is 16.5. The van der Waals surface area contributed by atoms with Crippen molar-refractivity contribution in [3.05, 3.63) is 84.1 Å². The number of carbonyl (C=O) groups is 2. The molecule has 8 heteroatoms. The normalized spacial score (nSPS) is 10.8. The second-order valence-electron chi connectivity index (χ2n) is 6.77. The molecular weight excluding hydrogens is 406 g/mol. The number of hydrogen-bond acceptors (Lipinski definition) is 3. The summed E-state index contributed by atoms with van der Waals surface area (Å²) in [7, 11) is 0. The van der Waals surface area contributed by atoms with Crippen LogP contribution in [0.4, 0.5) is 14.5 Å². The highest BCUT2D eigenvalue weighted by atomic mass is 19.1. The second kappa shape index (κ2) is 8.27. The molecule has 0 atom stereocenters. The summed E-state index contributed by atoms with van der Waals surface area (Å²) in [5.74, 6) is -2.51. The van der Waals surface area contributed by atoms with E-state index in [0.717, 1.165) is 11.5 Å². The van der Waals surface area contributed by atoms with Crippen molar-refractivity contribution < 1.29 is 28.2 Å². The molecule has 4 rings (SSSR count). The van der Waals surface area contributed by atoms with E-state index in [9.17, 15) is 18.4 Å². The lowest BCUT2D eigenvalue weighted by Crippen LogP contribution is -2.12. The van der Waals surface area contributed by atoms with Gasteiger partial charge in [0, 0.05) is 34.3 Å². The molecule has 0 saturated heterocycles. The van der Waals surface area contributed by atoms with Gasteiger partial charge in [0.15, 0.2) is 6.61 Å². The number of aromatic nitrogens is 1.